The van der Waals surface area contributed by atoms with Crippen molar-refractivity contribution in [2.24, 2.45) is 5.41 Å². The molecule has 1 amide bonds. The van der Waals surface area contributed by atoms with Crippen LogP contribution in [0.4, 0.5) is 0 Å². The fraction of sp³-hybridized carbons (Fsp3) is 0.667. The smallest absolute Gasteiger partial charge is 0.249 e. The van der Waals surface area contributed by atoms with Gasteiger partial charge in [0.1, 0.15) is 0 Å². The number of carbonyl (C=O) groups excluding carboxylic acids is 1. The maximum Gasteiger partial charge on any atom is 0.249 e. The number of carbonyl (C=O) groups is 1. The van der Waals surface area contributed by atoms with E-state index in [0.717, 1.165) is 31.4 Å². The van der Waals surface area contributed by atoms with Gasteiger partial charge in [-0.2, -0.15) is 0 Å². The normalized spacial score (nSPS) is 25.0. The van der Waals surface area contributed by atoms with E-state index in [-0.39, 0.29) is 22.9 Å². The molecule has 4 nitrogen and oxygen atoms in total. The largest absolute Gasteiger partial charge is 0.372 e. The van der Waals surface area contributed by atoms with Crippen LogP contribution in [0.2, 0.25) is 0 Å². The Morgan fingerprint density at radius 3 is 2.64 bits per heavy atom. The Hall–Kier alpha value is -1.58. The van der Waals surface area contributed by atoms with Crippen LogP contribution in [-0.2, 0) is 4.79 Å². The van der Waals surface area contributed by atoms with Gasteiger partial charge in [-0.15, -0.1) is 0 Å². The Morgan fingerprint density at radius 2 is 2.09 bits per heavy atom. The molecule has 1 aliphatic carbocycles. The number of rotatable bonds is 2. The van der Waals surface area contributed by atoms with E-state index in [9.17, 15) is 4.79 Å². The van der Waals surface area contributed by atoms with Crippen LogP contribution in [0.3, 0.4) is 0 Å². The maximum absolute atomic E-state index is 12.7. The van der Waals surface area contributed by atoms with E-state index in [1.807, 2.05) is 12.3 Å². The first-order chi connectivity index (χ1) is 10.1. The Labute approximate surface area is 134 Å². The summed E-state index contributed by atoms with van der Waals surface area (Å²) >= 11 is 0. The third-order valence-electron chi connectivity index (χ3n) is 4.67. The van der Waals surface area contributed by atoms with E-state index in [1.165, 1.54) is 0 Å². The zero-order chi connectivity index (χ0) is 16.5. The first-order valence-electron chi connectivity index (χ1n) is 8.15. The van der Waals surface area contributed by atoms with Crippen molar-refractivity contribution in [2.75, 3.05) is 6.54 Å². The predicted molar refractivity (Wildman–Crippen MR) is 91.0 cm³/mol. The summed E-state index contributed by atoms with van der Waals surface area (Å²) in [6.45, 7) is 11.8. The molecule has 2 N–H and O–H groups in total. The maximum atomic E-state index is 12.7. The minimum atomic E-state index is -0.100. The van der Waals surface area contributed by atoms with Gasteiger partial charge >= 0.3 is 0 Å². The summed E-state index contributed by atoms with van der Waals surface area (Å²) in [5.74, 6) is 0.0297. The summed E-state index contributed by atoms with van der Waals surface area (Å²) in [4.78, 5) is 15.0. The number of nitrogens with one attached hydrogen (secondary N) is 2. The van der Waals surface area contributed by atoms with Crippen LogP contribution in [0.5, 0.6) is 0 Å². The molecular weight excluding hydrogens is 274 g/mol. The highest BCUT2D eigenvalue weighted by Gasteiger charge is 2.36. The minimum Gasteiger partial charge on any atom is -0.372 e. The van der Waals surface area contributed by atoms with E-state index >= 15 is 0 Å². The second-order valence-corrected chi connectivity index (χ2v) is 8.04. The van der Waals surface area contributed by atoms with E-state index < -0.39 is 0 Å². The molecule has 0 aromatic carbocycles. The lowest BCUT2D eigenvalue weighted by Crippen LogP contribution is -2.47. The molecule has 1 unspecified atom stereocenters. The van der Waals surface area contributed by atoms with Gasteiger partial charge in [-0.3, -0.25) is 4.79 Å². The first-order valence-corrected chi connectivity index (χ1v) is 8.15. The van der Waals surface area contributed by atoms with Crippen LogP contribution in [0, 0.1) is 10.8 Å². The lowest BCUT2D eigenvalue weighted by Gasteiger charge is -2.43. The average molecular weight is 303 g/mol. The standard InChI is InChI=1S/C18H29N3O/c1-17(2,3)21-11-10-18(4,5)15(12-21)16(22)20-14-8-6-13(19)7-9-14/h6,8,12,14,19H,7,9-11H2,1-5H3,(H,20,22). The van der Waals surface area contributed by atoms with Gasteiger partial charge in [0.2, 0.25) is 5.91 Å². The fourth-order valence-electron chi connectivity index (χ4n) is 2.91. The van der Waals surface area contributed by atoms with Gasteiger partial charge in [0.15, 0.2) is 0 Å². The molecule has 0 spiro atoms. The van der Waals surface area contributed by atoms with Crippen LogP contribution in [0.1, 0.15) is 53.9 Å². The van der Waals surface area contributed by atoms with Crippen molar-refractivity contribution in [2.45, 2.75) is 65.5 Å². The SMILES string of the molecule is CC1(C)CCN(C(C)(C)C)C=C1C(=O)NC1C=CC(=N)CC1. The van der Waals surface area contributed by atoms with Crippen LogP contribution in [0.15, 0.2) is 23.9 Å². The molecule has 0 aromatic heterocycles. The molecule has 4 heteroatoms. The summed E-state index contributed by atoms with van der Waals surface area (Å²) in [6.07, 6.45) is 8.32. The van der Waals surface area contributed by atoms with Crippen LogP contribution < -0.4 is 5.32 Å². The molecule has 2 aliphatic rings. The Kier molecular flexibility index (Phi) is 4.50. The summed E-state index contributed by atoms with van der Waals surface area (Å²) in [6, 6.07) is 0.0447. The van der Waals surface area contributed by atoms with E-state index in [2.05, 4.69) is 44.8 Å². The summed E-state index contributed by atoms with van der Waals surface area (Å²) < 4.78 is 0. The summed E-state index contributed by atoms with van der Waals surface area (Å²) in [7, 11) is 0. The third-order valence-corrected chi connectivity index (χ3v) is 4.67. The van der Waals surface area contributed by atoms with Crippen molar-refractivity contribution >= 4 is 11.6 Å². The summed E-state index contributed by atoms with van der Waals surface area (Å²) in [5.41, 5.74) is 1.43. The molecular formula is C18H29N3O. The highest BCUT2D eigenvalue weighted by Crippen LogP contribution is 2.36. The zero-order valence-electron chi connectivity index (χ0n) is 14.5. The molecule has 0 fully saturated rings. The van der Waals surface area contributed by atoms with Crippen LogP contribution >= 0.6 is 0 Å². The van der Waals surface area contributed by atoms with Gasteiger partial charge in [0.25, 0.3) is 0 Å². The molecule has 0 saturated heterocycles. The Balaban J connectivity index is 2.16. The minimum absolute atomic E-state index is 0.0296. The van der Waals surface area contributed by atoms with Crippen LogP contribution in [0.25, 0.3) is 0 Å². The van der Waals surface area contributed by atoms with Gasteiger partial charge < -0.3 is 15.6 Å². The summed E-state index contributed by atoms with van der Waals surface area (Å²) in [5, 5.41) is 10.7. The number of hydrogen-bond acceptors (Lipinski definition) is 3. The molecule has 0 radical (unpaired) electrons. The van der Waals surface area contributed by atoms with Crippen molar-refractivity contribution in [3.05, 3.63) is 23.9 Å². The zero-order valence-corrected chi connectivity index (χ0v) is 14.5. The highest BCUT2D eigenvalue weighted by molar-refractivity contribution is 5.96. The van der Waals surface area contributed by atoms with E-state index in [1.54, 1.807) is 6.08 Å². The second kappa shape index (κ2) is 5.90. The molecule has 1 aliphatic heterocycles. The second-order valence-electron chi connectivity index (χ2n) is 8.04. The Morgan fingerprint density at radius 1 is 1.41 bits per heavy atom. The van der Waals surface area contributed by atoms with E-state index in [4.69, 9.17) is 5.41 Å². The molecule has 0 aromatic rings. The number of nitrogens with zero attached hydrogens (tertiary/aromatic N) is 1. The lowest BCUT2D eigenvalue weighted by molar-refractivity contribution is -0.119. The highest BCUT2D eigenvalue weighted by atomic mass is 16.1. The van der Waals surface area contributed by atoms with Gasteiger partial charge in [-0.05, 0) is 51.5 Å². The number of allylic oxidation sites excluding steroid dienone is 1. The third kappa shape index (κ3) is 3.79. The molecule has 22 heavy (non-hydrogen) atoms. The predicted octanol–water partition coefficient (Wildman–Crippen LogP) is 3.26. The van der Waals surface area contributed by atoms with E-state index in [0.29, 0.717) is 5.71 Å². The quantitative estimate of drug-likeness (QED) is 0.822. The van der Waals surface area contributed by atoms with Crippen molar-refractivity contribution in [1.82, 2.24) is 10.2 Å². The first kappa shape index (κ1) is 16.8. The monoisotopic (exact) mass is 303 g/mol. The van der Waals surface area contributed by atoms with Gasteiger partial charge in [0.05, 0.1) is 0 Å². The number of amides is 1. The van der Waals surface area contributed by atoms with Crippen molar-refractivity contribution in [3.8, 4) is 0 Å². The lowest BCUT2D eigenvalue weighted by atomic mass is 9.78. The topological polar surface area (TPSA) is 56.2 Å². The molecule has 2 rings (SSSR count). The molecule has 0 bridgehead atoms. The molecule has 1 heterocycles. The average Bonchev–Trinajstić information content (AvgIpc) is 2.39. The van der Waals surface area contributed by atoms with Crippen LogP contribution in [-0.4, -0.2) is 34.6 Å². The van der Waals surface area contributed by atoms with Gasteiger partial charge in [-0.25, -0.2) is 0 Å². The fourth-order valence-corrected chi connectivity index (χ4v) is 2.91. The number of hydrogen-bond donors (Lipinski definition) is 2. The molecule has 0 saturated carbocycles. The van der Waals surface area contributed by atoms with Crippen molar-refractivity contribution in [1.29, 1.82) is 5.41 Å². The molecule has 122 valence electrons. The van der Waals surface area contributed by atoms with Crippen molar-refractivity contribution in [3.63, 3.8) is 0 Å². The van der Waals surface area contributed by atoms with Crippen molar-refractivity contribution < 1.29 is 4.79 Å². The van der Waals surface area contributed by atoms with Gasteiger partial charge in [0, 0.05) is 35.6 Å². The molecule has 1 atom stereocenters. The Bertz CT molecular complexity index is 523. The van der Waals surface area contributed by atoms with Gasteiger partial charge in [-0.1, -0.05) is 19.9 Å².